The lowest BCUT2D eigenvalue weighted by Gasteiger charge is -2.28. The van der Waals surface area contributed by atoms with Crippen LogP contribution in [0.15, 0.2) is 48.7 Å². The van der Waals surface area contributed by atoms with Gasteiger partial charge >= 0.3 is 0 Å². The Morgan fingerprint density at radius 2 is 1.91 bits per heavy atom. The van der Waals surface area contributed by atoms with Gasteiger partial charge in [-0.2, -0.15) is 0 Å². The summed E-state index contributed by atoms with van der Waals surface area (Å²) < 4.78 is 0. The highest BCUT2D eigenvalue weighted by Gasteiger charge is 2.28. The first-order chi connectivity index (χ1) is 15.5. The number of carbonyl (C=O) groups is 1. The summed E-state index contributed by atoms with van der Waals surface area (Å²) in [7, 11) is 0. The van der Waals surface area contributed by atoms with Crippen LogP contribution in [0.5, 0.6) is 0 Å². The normalized spacial score (nSPS) is 19.4. The fraction of sp³-hybridized carbons (Fsp3) is 0.400. The molecule has 1 amide bonds. The van der Waals surface area contributed by atoms with E-state index in [1.54, 1.807) is 12.3 Å². The zero-order chi connectivity index (χ0) is 22.5. The molecule has 1 aromatic carbocycles. The summed E-state index contributed by atoms with van der Waals surface area (Å²) >= 11 is 0. The zero-order valence-corrected chi connectivity index (χ0v) is 18.6. The summed E-state index contributed by atoms with van der Waals surface area (Å²) in [6, 6.07) is 13.6. The summed E-state index contributed by atoms with van der Waals surface area (Å²) in [5.41, 5.74) is 15.3. The highest BCUT2D eigenvalue weighted by molar-refractivity contribution is 5.79. The monoisotopic (exact) mass is 432 g/mol. The van der Waals surface area contributed by atoms with Gasteiger partial charge in [0, 0.05) is 23.4 Å². The van der Waals surface area contributed by atoms with E-state index in [1.165, 1.54) is 0 Å². The predicted molar refractivity (Wildman–Crippen MR) is 127 cm³/mol. The lowest BCUT2D eigenvalue weighted by molar-refractivity contribution is -0.127. The van der Waals surface area contributed by atoms with Crippen LogP contribution < -0.4 is 16.8 Å². The number of aryl methyl sites for hydroxylation is 1. The molecule has 3 aromatic rings. The number of imidazole rings is 1. The molecule has 0 saturated heterocycles. The van der Waals surface area contributed by atoms with Crippen LogP contribution in [-0.4, -0.2) is 27.4 Å². The number of benzene rings is 1. The summed E-state index contributed by atoms with van der Waals surface area (Å²) in [4.78, 5) is 25.6. The molecule has 1 aliphatic carbocycles. The maximum atomic E-state index is 13.2. The zero-order valence-electron chi connectivity index (χ0n) is 18.6. The Kier molecular flexibility index (Phi) is 6.85. The molecule has 2 heterocycles. The average Bonchev–Trinajstić information content (AvgIpc) is 3.21. The van der Waals surface area contributed by atoms with Crippen molar-refractivity contribution in [2.45, 2.75) is 45.1 Å². The molecular weight excluding hydrogens is 400 g/mol. The maximum absolute atomic E-state index is 13.2. The molecule has 7 heteroatoms. The van der Waals surface area contributed by atoms with Gasteiger partial charge in [-0.05, 0) is 69.2 Å². The topological polar surface area (TPSA) is 123 Å². The van der Waals surface area contributed by atoms with E-state index in [4.69, 9.17) is 16.5 Å². The third-order valence-electron chi connectivity index (χ3n) is 6.44. The van der Waals surface area contributed by atoms with Gasteiger partial charge in [0.2, 0.25) is 5.91 Å². The Labute approximate surface area is 189 Å². The van der Waals surface area contributed by atoms with E-state index in [1.807, 2.05) is 31.2 Å². The SMILES string of the molecule is Cc1[nH]c([C@H](Cc2ccccc2)NC(=O)[C@H]2CC[C@H](CN)CC2)nc1-c1ccc(N)nc1. The molecule has 0 bridgehead atoms. The van der Waals surface area contributed by atoms with E-state index in [0.29, 0.717) is 24.7 Å². The van der Waals surface area contributed by atoms with Crippen LogP contribution in [0, 0.1) is 18.8 Å². The first kappa shape index (κ1) is 22.0. The molecule has 1 saturated carbocycles. The maximum Gasteiger partial charge on any atom is 0.223 e. The number of nitrogens with zero attached hydrogens (tertiary/aromatic N) is 2. The molecule has 1 fully saturated rings. The van der Waals surface area contributed by atoms with Crippen molar-refractivity contribution in [2.75, 3.05) is 12.3 Å². The number of hydrogen-bond donors (Lipinski definition) is 4. The second kappa shape index (κ2) is 9.96. The highest BCUT2D eigenvalue weighted by atomic mass is 16.1. The molecule has 0 unspecified atom stereocenters. The van der Waals surface area contributed by atoms with Crippen LogP contribution in [0.2, 0.25) is 0 Å². The molecule has 4 rings (SSSR count). The number of aromatic nitrogens is 3. The van der Waals surface area contributed by atoms with E-state index in [-0.39, 0.29) is 17.9 Å². The molecule has 0 aliphatic heterocycles. The van der Waals surface area contributed by atoms with Crippen molar-refractivity contribution in [2.24, 2.45) is 17.6 Å². The number of nitrogens with two attached hydrogens (primary N) is 2. The van der Waals surface area contributed by atoms with Gasteiger partial charge in [0.15, 0.2) is 0 Å². The number of nitrogen functional groups attached to an aromatic ring is 1. The lowest BCUT2D eigenvalue weighted by atomic mass is 9.81. The number of rotatable bonds is 7. The lowest BCUT2D eigenvalue weighted by Crippen LogP contribution is -2.37. The minimum atomic E-state index is -0.244. The molecule has 1 aliphatic rings. The van der Waals surface area contributed by atoms with Crippen LogP contribution in [0.4, 0.5) is 5.82 Å². The number of nitrogens with one attached hydrogen (secondary N) is 2. The number of anilines is 1. The van der Waals surface area contributed by atoms with Crippen molar-refractivity contribution < 1.29 is 4.79 Å². The van der Waals surface area contributed by atoms with Gasteiger partial charge < -0.3 is 21.8 Å². The van der Waals surface area contributed by atoms with Gasteiger partial charge in [-0.1, -0.05) is 30.3 Å². The van der Waals surface area contributed by atoms with Crippen molar-refractivity contribution in [3.63, 3.8) is 0 Å². The van der Waals surface area contributed by atoms with Gasteiger partial charge in [-0.3, -0.25) is 4.79 Å². The summed E-state index contributed by atoms with van der Waals surface area (Å²) in [5.74, 6) is 1.91. The minimum Gasteiger partial charge on any atom is -0.384 e. The van der Waals surface area contributed by atoms with Gasteiger partial charge in [-0.15, -0.1) is 0 Å². The number of amides is 1. The fourth-order valence-electron chi connectivity index (χ4n) is 4.49. The van der Waals surface area contributed by atoms with E-state index in [9.17, 15) is 4.79 Å². The third-order valence-corrected chi connectivity index (χ3v) is 6.44. The van der Waals surface area contributed by atoms with Crippen molar-refractivity contribution in [3.05, 3.63) is 65.7 Å². The smallest absolute Gasteiger partial charge is 0.223 e. The number of pyridine rings is 1. The number of carbonyl (C=O) groups excluding carboxylic acids is 1. The summed E-state index contributed by atoms with van der Waals surface area (Å²) in [5, 5.41) is 3.29. The van der Waals surface area contributed by atoms with Crippen LogP contribution in [0.3, 0.4) is 0 Å². The Balaban J connectivity index is 1.56. The molecule has 6 N–H and O–H groups in total. The first-order valence-electron chi connectivity index (χ1n) is 11.4. The second-order valence-electron chi connectivity index (χ2n) is 8.77. The van der Waals surface area contributed by atoms with Gasteiger partial charge in [0.25, 0.3) is 0 Å². The number of aromatic amines is 1. The van der Waals surface area contributed by atoms with Crippen LogP contribution >= 0.6 is 0 Å². The molecule has 0 spiro atoms. The van der Waals surface area contributed by atoms with Crippen LogP contribution in [-0.2, 0) is 11.2 Å². The van der Waals surface area contributed by atoms with Crippen molar-refractivity contribution >= 4 is 11.7 Å². The summed E-state index contributed by atoms with van der Waals surface area (Å²) in [6.45, 7) is 2.69. The Morgan fingerprint density at radius 1 is 1.16 bits per heavy atom. The van der Waals surface area contributed by atoms with Crippen molar-refractivity contribution in [1.82, 2.24) is 20.3 Å². The van der Waals surface area contributed by atoms with E-state index < -0.39 is 0 Å². The Hall–Kier alpha value is -3.19. The fourth-order valence-corrected chi connectivity index (χ4v) is 4.49. The van der Waals surface area contributed by atoms with E-state index >= 15 is 0 Å². The average molecular weight is 433 g/mol. The molecule has 168 valence electrons. The number of H-pyrrole nitrogens is 1. The highest BCUT2D eigenvalue weighted by Crippen LogP contribution is 2.30. The Bertz CT molecular complexity index is 1020. The molecule has 0 radical (unpaired) electrons. The van der Waals surface area contributed by atoms with Crippen molar-refractivity contribution in [3.8, 4) is 11.3 Å². The number of hydrogen-bond acceptors (Lipinski definition) is 5. The van der Waals surface area contributed by atoms with E-state index in [2.05, 4.69) is 27.4 Å². The quantitative estimate of drug-likeness (QED) is 0.455. The van der Waals surface area contributed by atoms with Crippen LogP contribution in [0.1, 0.15) is 48.8 Å². The third kappa shape index (κ3) is 5.16. The minimum absolute atomic E-state index is 0.0351. The van der Waals surface area contributed by atoms with Gasteiger partial charge in [0.1, 0.15) is 11.6 Å². The molecule has 7 nitrogen and oxygen atoms in total. The Morgan fingerprint density at radius 3 is 2.56 bits per heavy atom. The van der Waals surface area contributed by atoms with Gasteiger partial charge in [-0.25, -0.2) is 9.97 Å². The second-order valence-corrected chi connectivity index (χ2v) is 8.77. The molecular formula is C25H32N6O. The predicted octanol–water partition coefficient (Wildman–Crippen LogP) is 3.53. The largest absolute Gasteiger partial charge is 0.384 e. The molecule has 1 atom stereocenters. The van der Waals surface area contributed by atoms with Crippen molar-refractivity contribution in [1.29, 1.82) is 0 Å². The van der Waals surface area contributed by atoms with Crippen LogP contribution in [0.25, 0.3) is 11.3 Å². The standard InChI is InChI=1S/C25H32N6O/c1-16-23(20-11-12-22(27)28-15-20)31-24(29-16)21(13-17-5-3-2-4-6-17)30-25(32)19-9-7-18(14-26)8-10-19/h2-6,11-12,15,18-19,21H,7-10,13-14,26H2,1H3,(H2,27,28)(H,29,31)(H,30,32)/t18-,19-,21-/m0/s1. The first-order valence-corrected chi connectivity index (χ1v) is 11.4. The molecule has 32 heavy (non-hydrogen) atoms. The van der Waals surface area contributed by atoms with Gasteiger partial charge in [0.05, 0.1) is 11.7 Å². The summed E-state index contributed by atoms with van der Waals surface area (Å²) in [6.07, 6.45) is 6.22. The van der Waals surface area contributed by atoms with E-state index in [0.717, 1.165) is 54.0 Å². The molecule has 2 aromatic heterocycles.